The van der Waals surface area contributed by atoms with Gasteiger partial charge in [-0.2, -0.15) is 0 Å². The second-order valence-electron chi connectivity index (χ2n) is 6.79. The molecule has 0 atom stereocenters. The van der Waals surface area contributed by atoms with Crippen LogP contribution in [0.5, 0.6) is 0 Å². The molecular formula is C19H40ClNO2S. The van der Waals surface area contributed by atoms with Gasteiger partial charge in [0.2, 0.25) is 10.0 Å². The first-order chi connectivity index (χ1) is 11.6. The van der Waals surface area contributed by atoms with Gasteiger partial charge in [-0.1, -0.05) is 71.6 Å². The van der Waals surface area contributed by atoms with Crippen LogP contribution >= 0.6 is 11.6 Å². The summed E-state index contributed by atoms with van der Waals surface area (Å²) in [5.74, 6) is 1.08. The Balaban J connectivity index is 4.04. The summed E-state index contributed by atoms with van der Waals surface area (Å²) in [5.41, 5.74) is 0. The van der Waals surface area contributed by atoms with Gasteiger partial charge < -0.3 is 0 Å². The number of rotatable bonds is 18. The predicted molar refractivity (Wildman–Crippen MR) is 107 cm³/mol. The van der Waals surface area contributed by atoms with Crippen molar-refractivity contribution in [3.8, 4) is 0 Å². The van der Waals surface area contributed by atoms with Crippen molar-refractivity contribution in [2.75, 3.05) is 24.7 Å². The van der Waals surface area contributed by atoms with Crippen LogP contribution in [-0.4, -0.2) is 37.4 Å². The Morgan fingerprint density at radius 3 is 1.75 bits per heavy atom. The number of hydrogen-bond donors (Lipinski definition) is 0. The van der Waals surface area contributed by atoms with Crippen molar-refractivity contribution < 1.29 is 8.42 Å². The van der Waals surface area contributed by atoms with Gasteiger partial charge in [0.15, 0.2) is 0 Å². The second-order valence-corrected chi connectivity index (χ2v) is 9.26. The molecule has 0 heterocycles. The van der Waals surface area contributed by atoms with Gasteiger partial charge in [0.05, 0.1) is 5.75 Å². The van der Waals surface area contributed by atoms with Crippen molar-refractivity contribution >= 4 is 21.6 Å². The van der Waals surface area contributed by atoms with E-state index in [1.807, 2.05) is 0 Å². The van der Waals surface area contributed by atoms with E-state index < -0.39 is 10.0 Å². The average molecular weight is 382 g/mol. The smallest absolute Gasteiger partial charge is 0.212 e. The highest BCUT2D eigenvalue weighted by Crippen LogP contribution is 2.13. The first kappa shape index (κ1) is 24.2. The van der Waals surface area contributed by atoms with Crippen LogP contribution in [-0.2, 0) is 10.0 Å². The van der Waals surface area contributed by atoms with E-state index in [0.717, 1.165) is 57.2 Å². The fourth-order valence-electron chi connectivity index (χ4n) is 2.83. The summed E-state index contributed by atoms with van der Waals surface area (Å²) in [6.07, 6.45) is 14.2. The minimum atomic E-state index is -3.07. The number of halogens is 1. The minimum absolute atomic E-state index is 0.326. The maximum Gasteiger partial charge on any atom is 0.214 e. The molecule has 0 aromatic carbocycles. The van der Waals surface area contributed by atoms with Crippen molar-refractivity contribution in [1.29, 1.82) is 0 Å². The highest BCUT2D eigenvalue weighted by molar-refractivity contribution is 7.89. The number of nitrogens with zero attached hydrogens (tertiary/aromatic N) is 1. The lowest BCUT2D eigenvalue weighted by molar-refractivity contribution is 0.389. The van der Waals surface area contributed by atoms with Crippen LogP contribution in [0.15, 0.2) is 0 Å². The average Bonchev–Trinajstić information content (AvgIpc) is 2.56. The largest absolute Gasteiger partial charge is 0.214 e. The van der Waals surface area contributed by atoms with Gasteiger partial charge in [-0.05, 0) is 25.7 Å². The molecule has 0 N–H and O–H groups in total. The van der Waals surface area contributed by atoms with E-state index in [1.54, 1.807) is 4.31 Å². The van der Waals surface area contributed by atoms with Crippen LogP contribution in [0.3, 0.4) is 0 Å². The van der Waals surface area contributed by atoms with E-state index in [2.05, 4.69) is 13.8 Å². The van der Waals surface area contributed by atoms with E-state index in [4.69, 9.17) is 11.6 Å². The molecule has 5 heteroatoms. The quantitative estimate of drug-likeness (QED) is 0.216. The van der Waals surface area contributed by atoms with Crippen LogP contribution in [0.2, 0.25) is 0 Å². The Morgan fingerprint density at radius 2 is 1.17 bits per heavy atom. The fourth-order valence-corrected chi connectivity index (χ4v) is 4.66. The molecule has 0 aromatic rings. The second kappa shape index (κ2) is 16.7. The first-order valence-corrected chi connectivity index (χ1v) is 12.3. The number of alkyl halides is 1. The Bertz CT molecular complexity index is 360. The molecule has 0 fully saturated rings. The first-order valence-electron chi connectivity index (χ1n) is 10.1. The maximum atomic E-state index is 12.6. The van der Waals surface area contributed by atoms with Crippen LogP contribution in [0.25, 0.3) is 0 Å². The lowest BCUT2D eigenvalue weighted by atomic mass is 10.1. The highest BCUT2D eigenvalue weighted by Gasteiger charge is 2.20. The van der Waals surface area contributed by atoms with Crippen molar-refractivity contribution in [2.24, 2.45) is 0 Å². The Labute approximate surface area is 156 Å². The molecule has 0 amide bonds. The molecule has 3 nitrogen and oxygen atoms in total. The summed E-state index contributed by atoms with van der Waals surface area (Å²) < 4.78 is 26.9. The third-order valence-electron chi connectivity index (χ3n) is 4.45. The third kappa shape index (κ3) is 13.5. The number of unbranched alkanes of at least 4 members (excludes halogenated alkanes) is 10. The predicted octanol–water partition coefficient (Wildman–Crippen LogP) is 5.97. The van der Waals surface area contributed by atoms with Gasteiger partial charge in [-0.3, -0.25) is 0 Å². The van der Waals surface area contributed by atoms with Gasteiger partial charge in [0.25, 0.3) is 0 Å². The lowest BCUT2D eigenvalue weighted by Crippen LogP contribution is -2.34. The van der Waals surface area contributed by atoms with Crippen molar-refractivity contribution in [2.45, 2.75) is 97.3 Å². The van der Waals surface area contributed by atoms with Crippen LogP contribution in [0.4, 0.5) is 0 Å². The molecule has 0 unspecified atom stereocenters. The molecule has 0 aliphatic carbocycles. The maximum absolute atomic E-state index is 12.6. The Morgan fingerprint density at radius 1 is 0.667 bits per heavy atom. The monoisotopic (exact) mass is 381 g/mol. The van der Waals surface area contributed by atoms with E-state index >= 15 is 0 Å². The zero-order valence-corrected chi connectivity index (χ0v) is 17.6. The van der Waals surface area contributed by atoms with Crippen LogP contribution < -0.4 is 0 Å². The highest BCUT2D eigenvalue weighted by atomic mass is 35.5. The van der Waals surface area contributed by atoms with Crippen LogP contribution in [0, 0.1) is 0 Å². The zero-order chi connectivity index (χ0) is 18.1. The zero-order valence-electron chi connectivity index (χ0n) is 16.1. The molecule has 0 saturated heterocycles. The van der Waals surface area contributed by atoms with Gasteiger partial charge in [0.1, 0.15) is 0 Å². The summed E-state index contributed by atoms with van der Waals surface area (Å²) in [4.78, 5) is 0. The lowest BCUT2D eigenvalue weighted by Gasteiger charge is -2.22. The van der Waals surface area contributed by atoms with Crippen molar-refractivity contribution in [3.05, 3.63) is 0 Å². The summed E-state index contributed by atoms with van der Waals surface area (Å²) >= 11 is 5.66. The summed E-state index contributed by atoms with van der Waals surface area (Å²) in [6, 6.07) is 0. The molecule has 0 aliphatic rings. The number of hydrogen-bond acceptors (Lipinski definition) is 2. The van der Waals surface area contributed by atoms with E-state index in [0.29, 0.717) is 18.8 Å². The SMILES string of the molecule is CCCCCCN(CCCC)S(=O)(=O)CCCCCCCCCCl. The molecule has 0 radical (unpaired) electrons. The Hall–Kier alpha value is 0.200. The topological polar surface area (TPSA) is 37.4 Å². The molecule has 24 heavy (non-hydrogen) atoms. The molecule has 0 aromatic heterocycles. The molecule has 0 saturated carbocycles. The van der Waals surface area contributed by atoms with Crippen molar-refractivity contribution in [3.63, 3.8) is 0 Å². The summed E-state index contributed by atoms with van der Waals surface area (Å²) in [5, 5.41) is 0. The Kier molecular flexibility index (Phi) is 16.8. The molecule has 146 valence electrons. The van der Waals surface area contributed by atoms with Gasteiger partial charge in [-0.25, -0.2) is 12.7 Å². The molecule has 0 aliphatic heterocycles. The van der Waals surface area contributed by atoms with E-state index in [-0.39, 0.29) is 0 Å². The normalized spacial score (nSPS) is 12.2. The van der Waals surface area contributed by atoms with E-state index in [9.17, 15) is 8.42 Å². The fraction of sp³-hybridized carbons (Fsp3) is 1.00. The summed E-state index contributed by atoms with van der Waals surface area (Å²) in [6.45, 7) is 5.71. The molecular weight excluding hydrogens is 342 g/mol. The van der Waals surface area contributed by atoms with Crippen molar-refractivity contribution in [1.82, 2.24) is 4.31 Å². The number of sulfonamides is 1. The van der Waals surface area contributed by atoms with Crippen LogP contribution in [0.1, 0.15) is 97.3 Å². The minimum Gasteiger partial charge on any atom is -0.212 e. The van der Waals surface area contributed by atoms with Gasteiger partial charge >= 0.3 is 0 Å². The third-order valence-corrected chi connectivity index (χ3v) is 6.68. The van der Waals surface area contributed by atoms with Gasteiger partial charge in [-0.15, -0.1) is 11.6 Å². The van der Waals surface area contributed by atoms with E-state index in [1.165, 1.54) is 32.1 Å². The van der Waals surface area contributed by atoms with Gasteiger partial charge in [0, 0.05) is 19.0 Å². The molecule has 0 rings (SSSR count). The summed E-state index contributed by atoms with van der Waals surface area (Å²) in [7, 11) is -3.07. The molecule has 0 spiro atoms. The standard InChI is InChI=1S/C19H40ClNO2S/c1-3-5-7-14-18-21(17-6-4-2)24(22,23)19-15-12-10-8-9-11-13-16-20/h3-19H2,1-2H3. The molecule has 0 bridgehead atoms.